The van der Waals surface area contributed by atoms with E-state index in [4.69, 9.17) is 9.47 Å². The molecule has 5 nitrogen and oxygen atoms in total. The smallest absolute Gasteiger partial charge is 0.434 e. The third kappa shape index (κ3) is 3.60. The lowest BCUT2D eigenvalue weighted by atomic mass is 9.76. The van der Waals surface area contributed by atoms with Crippen LogP contribution in [0, 0.1) is 26.7 Å². The van der Waals surface area contributed by atoms with Gasteiger partial charge in [0.2, 0.25) is 0 Å². The Balaban J connectivity index is 2.13. The molecule has 1 fully saturated rings. The average Bonchev–Trinajstić information content (AvgIpc) is 2.86. The molecule has 1 heterocycles. The van der Waals surface area contributed by atoms with Crippen molar-refractivity contribution in [2.45, 2.75) is 65.8 Å². The van der Waals surface area contributed by atoms with Crippen LogP contribution in [0.1, 0.15) is 61.8 Å². The highest BCUT2D eigenvalue weighted by atomic mass is 16.7. The lowest BCUT2D eigenvalue weighted by Crippen LogP contribution is -2.47. The van der Waals surface area contributed by atoms with Crippen molar-refractivity contribution < 1.29 is 19.1 Å². The van der Waals surface area contributed by atoms with E-state index in [1.165, 1.54) is 5.56 Å². The first-order valence-electron chi connectivity index (χ1n) is 9.77. The fraction of sp³-hybridized carbons (Fsp3) is 0.545. The van der Waals surface area contributed by atoms with Crippen LogP contribution >= 0.6 is 0 Å². The van der Waals surface area contributed by atoms with Gasteiger partial charge < -0.3 is 14.8 Å². The second-order valence-corrected chi connectivity index (χ2v) is 7.96. The molecule has 1 spiro atoms. The monoisotopic (exact) mass is 371 g/mol. The predicted molar refractivity (Wildman–Crippen MR) is 104 cm³/mol. The van der Waals surface area contributed by atoms with E-state index in [1.54, 1.807) is 6.92 Å². The molecule has 0 unspecified atom stereocenters. The van der Waals surface area contributed by atoms with Gasteiger partial charge in [-0.1, -0.05) is 19.1 Å². The number of carbonyl (C=O) groups excluding carboxylic acids is 2. The Labute approximate surface area is 161 Å². The summed E-state index contributed by atoms with van der Waals surface area (Å²) in [5, 5.41) is 3.15. The third-order valence-electron chi connectivity index (χ3n) is 5.93. The molecule has 3 rings (SSSR count). The molecular formula is C22H29NO4. The number of nitrogens with one attached hydrogen (secondary N) is 1. The van der Waals surface area contributed by atoms with Gasteiger partial charge in [-0.25, -0.2) is 4.79 Å². The van der Waals surface area contributed by atoms with Crippen LogP contribution in [0.4, 0.5) is 4.79 Å². The number of hydrogen-bond donors (Lipinski definition) is 1. The highest BCUT2D eigenvalue weighted by molar-refractivity contribution is 6.24. The van der Waals surface area contributed by atoms with Crippen molar-refractivity contribution in [3.05, 3.63) is 40.1 Å². The van der Waals surface area contributed by atoms with E-state index in [9.17, 15) is 9.59 Å². The average molecular weight is 371 g/mol. The molecule has 1 amide bonds. The van der Waals surface area contributed by atoms with Crippen LogP contribution in [0.25, 0.3) is 5.57 Å². The minimum absolute atomic E-state index is 0.171. The Morgan fingerprint density at radius 1 is 1.15 bits per heavy atom. The molecular weight excluding hydrogens is 342 g/mol. The van der Waals surface area contributed by atoms with E-state index in [1.807, 2.05) is 19.9 Å². The summed E-state index contributed by atoms with van der Waals surface area (Å²) in [6, 6.07) is 4.08. The number of hydrogen-bond acceptors (Lipinski definition) is 4. The molecule has 1 aliphatic heterocycles. The minimum Gasteiger partial charge on any atom is -0.434 e. The fourth-order valence-electron chi connectivity index (χ4n) is 4.14. The zero-order chi connectivity index (χ0) is 19.8. The lowest BCUT2D eigenvalue weighted by Gasteiger charge is -2.37. The molecule has 1 aromatic carbocycles. The van der Waals surface area contributed by atoms with Gasteiger partial charge in [-0.15, -0.1) is 0 Å². The topological polar surface area (TPSA) is 64.6 Å². The molecule has 1 saturated carbocycles. The van der Waals surface area contributed by atoms with Gasteiger partial charge in [0.05, 0.1) is 17.7 Å². The van der Waals surface area contributed by atoms with Crippen LogP contribution in [0.15, 0.2) is 17.9 Å². The van der Waals surface area contributed by atoms with E-state index in [0.717, 1.165) is 42.4 Å². The van der Waals surface area contributed by atoms with Crippen molar-refractivity contribution in [1.82, 2.24) is 5.32 Å². The Morgan fingerprint density at radius 3 is 2.41 bits per heavy atom. The molecule has 0 saturated heterocycles. The number of carbonyl (C=O) groups is 2. The van der Waals surface area contributed by atoms with Crippen LogP contribution in [-0.2, 0) is 14.3 Å². The summed E-state index contributed by atoms with van der Waals surface area (Å²) in [4.78, 5) is 25.2. The summed E-state index contributed by atoms with van der Waals surface area (Å²) in [7, 11) is 0. The molecule has 0 bridgehead atoms. The Bertz CT molecular complexity index is 801. The minimum atomic E-state index is -0.749. The summed E-state index contributed by atoms with van der Waals surface area (Å²) in [5.74, 6) is 0.864. The van der Waals surface area contributed by atoms with Crippen molar-refractivity contribution >= 4 is 17.6 Å². The van der Waals surface area contributed by atoms with Gasteiger partial charge in [0.1, 0.15) is 5.76 Å². The molecule has 0 atom stereocenters. The van der Waals surface area contributed by atoms with Gasteiger partial charge in [0.25, 0.3) is 5.91 Å². The maximum atomic E-state index is 13.0. The van der Waals surface area contributed by atoms with Gasteiger partial charge in [0.15, 0.2) is 0 Å². The molecule has 0 radical (unpaired) electrons. The maximum absolute atomic E-state index is 13.0. The Hall–Kier alpha value is -2.30. The van der Waals surface area contributed by atoms with Gasteiger partial charge in [-0.3, -0.25) is 4.79 Å². The normalized spacial score (nSPS) is 24.9. The molecule has 146 valence electrons. The van der Waals surface area contributed by atoms with Gasteiger partial charge in [-0.05, 0) is 81.5 Å². The van der Waals surface area contributed by atoms with E-state index >= 15 is 0 Å². The van der Waals surface area contributed by atoms with E-state index in [0.29, 0.717) is 17.3 Å². The first-order valence-corrected chi connectivity index (χ1v) is 9.77. The second kappa shape index (κ2) is 7.37. The molecule has 27 heavy (non-hydrogen) atoms. The molecule has 2 aliphatic rings. The Kier molecular flexibility index (Phi) is 5.31. The summed E-state index contributed by atoms with van der Waals surface area (Å²) in [6.45, 7) is 10.2. The third-order valence-corrected chi connectivity index (χ3v) is 5.93. The number of benzene rings is 1. The zero-order valence-electron chi connectivity index (χ0n) is 16.9. The van der Waals surface area contributed by atoms with Gasteiger partial charge in [0, 0.05) is 0 Å². The Morgan fingerprint density at radius 2 is 1.78 bits per heavy atom. The highest BCUT2D eigenvalue weighted by Crippen LogP contribution is 2.45. The summed E-state index contributed by atoms with van der Waals surface area (Å²) in [6.07, 6.45) is 2.75. The lowest BCUT2D eigenvalue weighted by molar-refractivity contribution is -0.116. The van der Waals surface area contributed by atoms with E-state index in [-0.39, 0.29) is 12.5 Å². The van der Waals surface area contributed by atoms with E-state index in [2.05, 4.69) is 25.2 Å². The highest BCUT2D eigenvalue weighted by Gasteiger charge is 2.49. The molecule has 1 aromatic rings. The number of ether oxygens (including phenoxy) is 2. The van der Waals surface area contributed by atoms with Crippen LogP contribution in [-0.4, -0.2) is 24.2 Å². The van der Waals surface area contributed by atoms with Crippen molar-refractivity contribution in [3.63, 3.8) is 0 Å². The van der Waals surface area contributed by atoms with Crippen molar-refractivity contribution in [1.29, 1.82) is 0 Å². The van der Waals surface area contributed by atoms with Crippen LogP contribution < -0.4 is 5.32 Å². The fourth-order valence-corrected chi connectivity index (χ4v) is 4.14. The standard InChI is InChI=1S/C22H29NO4/c1-6-26-21(25)27-19-18(17-12-15(4)14(3)11-16(17)5)20(24)23-22(19)9-7-13(2)8-10-22/h11-13H,6-10H2,1-5H3,(H,23,24). The quantitative estimate of drug-likeness (QED) is 0.790. The predicted octanol–water partition coefficient (Wildman–Crippen LogP) is 4.57. The summed E-state index contributed by atoms with van der Waals surface area (Å²) in [5.41, 5.74) is 3.95. The van der Waals surface area contributed by atoms with Crippen molar-refractivity contribution in [2.75, 3.05) is 6.61 Å². The SMILES string of the molecule is CCOC(=O)OC1=C(c2cc(C)c(C)cc2C)C(=O)NC12CCC(C)CC2. The largest absolute Gasteiger partial charge is 0.513 e. The summed E-state index contributed by atoms with van der Waals surface area (Å²) >= 11 is 0. The number of rotatable bonds is 3. The van der Waals surface area contributed by atoms with Crippen LogP contribution in [0.2, 0.25) is 0 Å². The molecule has 1 N–H and O–H groups in total. The van der Waals surface area contributed by atoms with Crippen molar-refractivity contribution in [3.8, 4) is 0 Å². The van der Waals surface area contributed by atoms with E-state index < -0.39 is 11.7 Å². The first-order chi connectivity index (χ1) is 12.8. The van der Waals surface area contributed by atoms with Crippen molar-refractivity contribution in [2.24, 2.45) is 5.92 Å². The van der Waals surface area contributed by atoms with Gasteiger partial charge >= 0.3 is 6.16 Å². The number of amides is 1. The zero-order valence-corrected chi connectivity index (χ0v) is 16.9. The molecule has 5 heteroatoms. The number of aryl methyl sites for hydroxylation is 3. The van der Waals surface area contributed by atoms with Crippen LogP contribution in [0.3, 0.4) is 0 Å². The first kappa shape index (κ1) is 19.5. The molecule has 1 aliphatic carbocycles. The summed E-state index contributed by atoms with van der Waals surface area (Å²) < 4.78 is 10.7. The molecule has 0 aromatic heterocycles. The maximum Gasteiger partial charge on any atom is 0.513 e. The van der Waals surface area contributed by atoms with Gasteiger partial charge in [-0.2, -0.15) is 0 Å². The van der Waals surface area contributed by atoms with Crippen LogP contribution in [0.5, 0.6) is 0 Å². The second-order valence-electron chi connectivity index (χ2n) is 7.96.